The number of fused-ring (bicyclic) bond motifs is 1. The van der Waals surface area contributed by atoms with E-state index in [0.29, 0.717) is 16.4 Å². The molecule has 0 aliphatic carbocycles. The maximum Gasteiger partial charge on any atom is 0.337 e. The summed E-state index contributed by atoms with van der Waals surface area (Å²) in [6.45, 7) is 0.0393. The van der Waals surface area contributed by atoms with E-state index in [0.717, 1.165) is 5.69 Å². The Morgan fingerprint density at radius 1 is 1.19 bits per heavy atom. The number of nitrogens with zero attached hydrogens (tertiary/aromatic N) is 1. The first-order valence-corrected chi connectivity index (χ1v) is 6.63. The van der Waals surface area contributed by atoms with E-state index in [2.05, 4.69) is 5.32 Å². The van der Waals surface area contributed by atoms with Crippen molar-refractivity contribution in [3.63, 3.8) is 0 Å². The summed E-state index contributed by atoms with van der Waals surface area (Å²) in [5.74, 6) is -1.27. The third-order valence-electron chi connectivity index (χ3n) is 3.25. The number of para-hydroxylation sites is 2. The topological polar surface area (TPSA) is 69.6 Å². The minimum atomic E-state index is -1.06. The van der Waals surface area contributed by atoms with Crippen LogP contribution in [0.15, 0.2) is 42.5 Å². The maximum atomic E-state index is 11.8. The van der Waals surface area contributed by atoms with E-state index in [1.165, 1.54) is 12.1 Å². The summed E-state index contributed by atoms with van der Waals surface area (Å²) >= 11 is 5.98. The summed E-state index contributed by atoms with van der Waals surface area (Å²) in [7, 11) is 0. The van der Waals surface area contributed by atoms with Crippen LogP contribution in [0.2, 0.25) is 5.02 Å². The molecule has 0 spiro atoms. The largest absolute Gasteiger partial charge is 0.478 e. The predicted octanol–water partition coefficient (Wildman–Crippen LogP) is 3.13. The highest BCUT2D eigenvalue weighted by molar-refractivity contribution is 6.31. The molecular formula is C15H11ClN2O3. The summed E-state index contributed by atoms with van der Waals surface area (Å²) in [4.78, 5) is 24.9. The highest BCUT2D eigenvalue weighted by atomic mass is 35.5. The molecule has 1 aliphatic rings. The number of carbonyl (C=O) groups excluding carboxylic acids is 1. The Labute approximate surface area is 125 Å². The average Bonchev–Trinajstić information content (AvgIpc) is 2.45. The van der Waals surface area contributed by atoms with E-state index >= 15 is 0 Å². The van der Waals surface area contributed by atoms with Gasteiger partial charge in [-0.1, -0.05) is 23.7 Å². The number of aromatic carboxylic acids is 1. The molecular weight excluding hydrogens is 292 g/mol. The number of carbonyl (C=O) groups is 2. The van der Waals surface area contributed by atoms with Crippen molar-refractivity contribution in [3.8, 4) is 0 Å². The van der Waals surface area contributed by atoms with Gasteiger partial charge in [0.15, 0.2) is 0 Å². The molecule has 1 amide bonds. The molecule has 0 unspecified atom stereocenters. The highest BCUT2D eigenvalue weighted by Crippen LogP contribution is 2.37. The Bertz CT molecular complexity index is 745. The standard InChI is InChI=1S/C15H11ClN2O3/c16-9-5-6-10(15(20)21)13(7-9)18-8-14(19)17-11-3-1-2-4-12(11)18/h1-7H,8H2,(H,17,19)(H,20,21). The van der Waals surface area contributed by atoms with E-state index in [1.54, 1.807) is 23.1 Å². The molecule has 6 heteroatoms. The normalized spacial score (nSPS) is 13.6. The van der Waals surface area contributed by atoms with Crippen molar-refractivity contribution in [3.05, 3.63) is 53.1 Å². The van der Waals surface area contributed by atoms with Gasteiger partial charge in [0.05, 0.1) is 22.6 Å². The molecule has 0 fully saturated rings. The smallest absolute Gasteiger partial charge is 0.337 e. The van der Waals surface area contributed by atoms with Gasteiger partial charge in [-0.05, 0) is 30.3 Å². The van der Waals surface area contributed by atoms with Crippen LogP contribution in [0.25, 0.3) is 0 Å². The van der Waals surface area contributed by atoms with Gasteiger partial charge in [-0.3, -0.25) is 4.79 Å². The Hall–Kier alpha value is -2.53. The number of amides is 1. The number of carboxylic acid groups (broad SMARTS) is 1. The first-order chi connectivity index (χ1) is 10.1. The Morgan fingerprint density at radius 3 is 2.71 bits per heavy atom. The van der Waals surface area contributed by atoms with Gasteiger partial charge in [-0.15, -0.1) is 0 Å². The molecule has 5 nitrogen and oxygen atoms in total. The third-order valence-corrected chi connectivity index (χ3v) is 3.49. The molecule has 0 radical (unpaired) electrons. The zero-order chi connectivity index (χ0) is 15.0. The van der Waals surface area contributed by atoms with Crippen molar-refractivity contribution < 1.29 is 14.7 Å². The van der Waals surface area contributed by atoms with Crippen LogP contribution in [0.4, 0.5) is 17.1 Å². The summed E-state index contributed by atoms with van der Waals surface area (Å²) in [6, 6.07) is 11.7. The fourth-order valence-corrected chi connectivity index (χ4v) is 2.52. The van der Waals surface area contributed by atoms with Crippen molar-refractivity contribution in [2.24, 2.45) is 0 Å². The van der Waals surface area contributed by atoms with E-state index in [1.807, 2.05) is 12.1 Å². The lowest BCUT2D eigenvalue weighted by atomic mass is 10.1. The van der Waals surface area contributed by atoms with Gasteiger partial charge in [-0.2, -0.15) is 0 Å². The summed E-state index contributed by atoms with van der Waals surface area (Å²) in [6.07, 6.45) is 0. The first-order valence-electron chi connectivity index (χ1n) is 6.25. The highest BCUT2D eigenvalue weighted by Gasteiger charge is 2.26. The van der Waals surface area contributed by atoms with Crippen LogP contribution in [0.5, 0.6) is 0 Å². The molecule has 106 valence electrons. The monoisotopic (exact) mass is 302 g/mol. The van der Waals surface area contributed by atoms with Crippen LogP contribution >= 0.6 is 11.6 Å². The molecule has 2 N–H and O–H groups in total. The van der Waals surface area contributed by atoms with Gasteiger partial charge in [0.2, 0.25) is 5.91 Å². The molecule has 0 saturated carbocycles. The molecule has 0 bridgehead atoms. The maximum absolute atomic E-state index is 11.8. The van der Waals surface area contributed by atoms with Crippen molar-refractivity contribution in [2.45, 2.75) is 0 Å². The second-order valence-electron chi connectivity index (χ2n) is 4.62. The van der Waals surface area contributed by atoms with Crippen molar-refractivity contribution >= 4 is 40.5 Å². The van der Waals surface area contributed by atoms with Gasteiger partial charge in [0, 0.05) is 5.02 Å². The first kappa shape index (κ1) is 13.5. The van der Waals surface area contributed by atoms with Crippen molar-refractivity contribution in [1.29, 1.82) is 0 Å². The minimum absolute atomic E-state index is 0.0393. The summed E-state index contributed by atoms with van der Waals surface area (Å²) < 4.78 is 0. The molecule has 21 heavy (non-hydrogen) atoms. The Morgan fingerprint density at radius 2 is 1.95 bits per heavy atom. The number of carboxylic acids is 1. The molecule has 0 atom stereocenters. The van der Waals surface area contributed by atoms with Crippen molar-refractivity contribution in [1.82, 2.24) is 0 Å². The quantitative estimate of drug-likeness (QED) is 0.894. The van der Waals surface area contributed by atoms with Crippen LogP contribution < -0.4 is 10.2 Å². The lowest BCUT2D eigenvalue weighted by Crippen LogP contribution is -2.35. The number of halogens is 1. The van der Waals surface area contributed by atoms with Crippen molar-refractivity contribution in [2.75, 3.05) is 16.8 Å². The number of benzene rings is 2. The summed E-state index contributed by atoms with van der Waals surface area (Å²) in [5, 5.41) is 12.5. The number of hydrogen-bond donors (Lipinski definition) is 2. The Balaban J connectivity index is 2.19. The average molecular weight is 303 g/mol. The van der Waals surface area contributed by atoms with E-state index < -0.39 is 5.97 Å². The lowest BCUT2D eigenvalue weighted by molar-refractivity contribution is -0.115. The number of rotatable bonds is 2. The van der Waals surface area contributed by atoms with Crippen LogP contribution in [-0.4, -0.2) is 23.5 Å². The number of anilines is 3. The summed E-state index contributed by atoms with van der Waals surface area (Å²) in [5.41, 5.74) is 1.88. The van der Waals surface area contributed by atoms with Crippen LogP contribution in [0.1, 0.15) is 10.4 Å². The van der Waals surface area contributed by atoms with Gasteiger partial charge in [-0.25, -0.2) is 4.79 Å². The minimum Gasteiger partial charge on any atom is -0.478 e. The Kier molecular flexibility index (Phi) is 3.27. The van der Waals surface area contributed by atoms with Gasteiger partial charge in [0.1, 0.15) is 6.54 Å². The molecule has 2 aromatic rings. The second-order valence-corrected chi connectivity index (χ2v) is 5.05. The molecule has 1 heterocycles. The molecule has 3 rings (SSSR count). The number of nitrogens with one attached hydrogen (secondary N) is 1. The van der Waals surface area contributed by atoms with Gasteiger partial charge < -0.3 is 15.3 Å². The SMILES string of the molecule is O=C1CN(c2cc(Cl)ccc2C(=O)O)c2ccccc2N1. The van der Waals surface area contributed by atoms with Crippen LogP contribution in [-0.2, 0) is 4.79 Å². The van der Waals surface area contributed by atoms with Crippen LogP contribution in [0, 0.1) is 0 Å². The van der Waals surface area contributed by atoms with E-state index in [4.69, 9.17) is 11.6 Å². The van der Waals surface area contributed by atoms with E-state index in [9.17, 15) is 14.7 Å². The zero-order valence-corrected chi connectivity index (χ0v) is 11.6. The molecule has 0 aromatic heterocycles. The molecule has 0 saturated heterocycles. The lowest BCUT2D eigenvalue weighted by Gasteiger charge is -2.31. The number of hydrogen-bond acceptors (Lipinski definition) is 3. The predicted molar refractivity (Wildman–Crippen MR) is 80.5 cm³/mol. The fourth-order valence-electron chi connectivity index (χ4n) is 2.36. The van der Waals surface area contributed by atoms with Crippen LogP contribution in [0.3, 0.4) is 0 Å². The van der Waals surface area contributed by atoms with E-state index in [-0.39, 0.29) is 18.0 Å². The van der Waals surface area contributed by atoms with Gasteiger partial charge >= 0.3 is 5.97 Å². The molecule has 2 aromatic carbocycles. The third kappa shape index (κ3) is 2.43. The zero-order valence-electron chi connectivity index (χ0n) is 10.8. The fraction of sp³-hybridized carbons (Fsp3) is 0.0667. The van der Waals surface area contributed by atoms with Gasteiger partial charge in [0.25, 0.3) is 0 Å². The second kappa shape index (κ2) is 5.10. The molecule has 1 aliphatic heterocycles.